The number of hydrogen-bond acceptors (Lipinski definition) is 8. The fourth-order valence-electron chi connectivity index (χ4n) is 6.11. The van der Waals surface area contributed by atoms with Crippen molar-refractivity contribution in [2.45, 2.75) is 187 Å². The zero-order valence-corrected chi connectivity index (χ0v) is 36.0. The average molecular weight is 782 g/mol. The van der Waals surface area contributed by atoms with Crippen LogP contribution in [0.25, 0.3) is 0 Å². The largest absolute Gasteiger partial charge is 0.508 e. The van der Waals surface area contributed by atoms with Crippen LogP contribution in [0.2, 0.25) is 0 Å². The molecule has 0 bridgehead atoms. The van der Waals surface area contributed by atoms with Gasteiger partial charge in [-0.05, 0) is 102 Å². The van der Waals surface area contributed by atoms with Crippen molar-refractivity contribution in [3.8, 4) is 11.5 Å². The molecular weight excluding hydrogens is 703 g/mol. The highest BCUT2D eigenvalue weighted by molar-refractivity contribution is 5.74. The molecule has 0 amide bonds. The summed E-state index contributed by atoms with van der Waals surface area (Å²) in [4.78, 5) is 39.5. The zero-order chi connectivity index (χ0) is 40.7. The van der Waals surface area contributed by atoms with Gasteiger partial charge in [-0.2, -0.15) is 0 Å². The van der Waals surface area contributed by atoms with E-state index in [1.54, 1.807) is 18.2 Å². The molecule has 0 fully saturated rings. The van der Waals surface area contributed by atoms with Crippen LogP contribution < -0.4 is 9.47 Å². The molecule has 0 N–H and O–H groups in total. The SMILES string of the molecule is CCCCC/C=C\C/C=C\CCCCCCCC(=O)Oc1cc(COC(=O)OCCN(C)C)cc(OC(=O)CCCCCCC/C=C\CCCCCCCC)c1. The summed E-state index contributed by atoms with van der Waals surface area (Å²) < 4.78 is 21.7. The number of likely N-dealkylation sites (N-methyl/N-ethyl adjacent to an activating group) is 1. The maximum atomic E-state index is 12.7. The van der Waals surface area contributed by atoms with E-state index in [1.165, 1.54) is 77.0 Å². The molecule has 0 saturated heterocycles. The van der Waals surface area contributed by atoms with Crippen molar-refractivity contribution in [3.63, 3.8) is 0 Å². The number of benzene rings is 1. The molecular formula is C48H79NO7. The molecule has 0 atom stereocenters. The van der Waals surface area contributed by atoms with Crippen molar-refractivity contribution in [1.82, 2.24) is 4.90 Å². The predicted octanol–water partition coefficient (Wildman–Crippen LogP) is 13.6. The van der Waals surface area contributed by atoms with E-state index in [0.29, 0.717) is 24.9 Å². The number of unbranched alkanes of at least 4 members (excludes halogenated alkanes) is 19. The minimum atomic E-state index is -0.793. The minimum absolute atomic E-state index is 0.115. The third-order valence-corrected chi connectivity index (χ3v) is 9.49. The van der Waals surface area contributed by atoms with Crippen LogP contribution in [0.15, 0.2) is 54.7 Å². The summed E-state index contributed by atoms with van der Waals surface area (Å²) in [5.41, 5.74) is 0.528. The van der Waals surface area contributed by atoms with E-state index in [-0.39, 0.29) is 36.7 Å². The molecule has 8 heteroatoms. The topological polar surface area (TPSA) is 91.4 Å². The normalized spacial score (nSPS) is 11.7. The second kappa shape index (κ2) is 37.2. The molecule has 1 aromatic carbocycles. The van der Waals surface area contributed by atoms with E-state index in [4.69, 9.17) is 18.9 Å². The molecule has 0 aliphatic carbocycles. The van der Waals surface area contributed by atoms with Gasteiger partial charge in [-0.25, -0.2) is 4.79 Å². The number of rotatable bonds is 36. The standard InChI is InChI=1S/C48H79NO7/c1-5-7-9-11-13-15-17-19-21-23-25-27-29-31-33-35-46(50)55-44-39-43(42-54-48(52)53-38-37-49(3)4)40-45(41-44)56-47(51)36-34-32-30-28-26-24-22-20-18-16-14-12-10-8-6-2/h13,15,19-22,39-41H,5-12,14,16-18,23-38,42H2,1-4H3/b15-13-,21-19-,22-20-. The molecule has 0 heterocycles. The number of ether oxygens (including phenoxy) is 4. The summed E-state index contributed by atoms with van der Waals surface area (Å²) in [7, 11) is 3.77. The molecule has 0 aliphatic heterocycles. The lowest BCUT2D eigenvalue weighted by molar-refractivity contribution is -0.135. The monoisotopic (exact) mass is 782 g/mol. The Morgan fingerprint density at radius 3 is 1.41 bits per heavy atom. The molecule has 1 aromatic rings. The van der Waals surface area contributed by atoms with Crippen molar-refractivity contribution < 1.29 is 33.3 Å². The van der Waals surface area contributed by atoms with E-state index in [2.05, 4.69) is 50.3 Å². The highest BCUT2D eigenvalue weighted by atomic mass is 16.7. The van der Waals surface area contributed by atoms with Crippen molar-refractivity contribution in [2.75, 3.05) is 27.2 Å². The van der Waals surface area contributed by atoms with Gasteiger partial charge >= 0.3 is 18.1 Å². The number of nitrogens with zero attached hydrogens (tertiary/aromatic N) is 1. The van der Waals surface area contributed by atoms with E-state index >= 15 is 0 Å². The Kier molecular flexibility index (Phi) is 33.6. The van der Waals surface area contributed by atoms with Crippen molar-refractivity contribution >= 4 is 18.1 Å². The second-order valence-corrected chi connectivity index (χ2v) is 15.3. The fraction of sp³-hybridized carbons (Fsp3) is 0.688. The number of carbonyl (C=O) groups excluding carboxylic acids is 3. The van der Waals surface area contributed by atoms with Gasteiger partial charge in [-0.1, -0.05) is 134 Å². The number of carbonyl (C=O) groups is 3. The fourth-order valence-corrected chi connectivity index (χ4v) is 6.11. The third kappa shape index (κ3) is 32.8. The summed E-state index contributed by atoms with van der Waals surface area (Å²) in [6.07, 6.45) is 41.2. The second-order valence-electron chi connectivity index (χ2n) is 15.3. The number of allylic oxidation sites excluding steroid dienone is 6. The summed E-state index contributed by atoms with van der Waals surface area (Å²) in [5, 5.41) is 0. The Morgan fingerprint density at radius 2 is 0.929 bits per heavy atom. The van der Waals surface area contributed by atoms with Gasteiger partial charge < -0.3 is 23.8 Å². The molecule has 0 radical (unpaired) electrons. The van der Waals surface area contributed by atoms with Crippen LogP contribution in [0.4, 0.5) is 4.79 Å². The molecule has 0 unspecified atom stereocenters. The van der Waals surface area contributed by atoms with E-state index in [9.17, 15) is 14.4 Å². The summed E-state index contributed by atoms with van der Waals surface area (Å²) in [6.45, 7) is 5.15. The average Bonchev–Trinajstić information content (AvgIpc) is 3.16. The highest BCUT2D eigenvalue weighted by Gasteiger charge is 2.13. The van der Waals surface area contributed by atoms with Gasteiger partial charge in [0.25, 0.3) is 0 Å². The summed E-state index contributed by atoms with van der Waals surface area (Å²) in [6, 6.07) is 4.80. The van der Waals surface area contributed by atoms with Crippen LogP contribution in [-0.2, 0) is 25.7 Å². The smallest absolute Gasteiger partial charge is 0.433 e. The quantitative estimate of drug-likeness (QED) is 0.0288. The molecule has 318 valence electrons. The third-order valence-electron chi connectivity index (χ3n) is 9.49. The molecule has 1 rings (SSSR count). The van der Waals surface area contributed by atoms with E-state index < -0.39 is 6.16 Å². The summed E-state index contributed by atoms with van der Waals surface area (Å²) >= 11 is 0. The van der Waals surface area contributed by atoms with Crippen molar-refractivity contribution in [1.29, 1.82) is 0 Å². The van der Waals surface area contributed by atoms with Crippen LogP contribution in [-0.4, -0.2) is 50.2 Å². The maximum absolute atomic E-state index is 12.7. The molecule has 0 spiro atoms. The number of hydrogen-bond donors (Lipinski definition) is 0. The zero-order valence-electron chi connectivity index (χ0n) is 36.0. The first-order chi connectivity index (χ1) is 27.3. The Morgan fingerprint density at radius 1 is 0.518 bits per heavy atom. The lowest BCUT2D eigenvalue weighted by atomic mass is 10.1. The molecule has 56 heavy (non-hydrogen) atoms. The molecule has 8 nitrogen and oxygen atoms in total. The van der Waals surface area contributed by atoms with Gasteiger partial charge in [0.15, 0.2) is 0 Å². The van der Waals surface area contributed by atoms with Crippen molar-refractivity contribution in [2.24, 2.45) is 0 Å². The van der Waals surface area contributed by atoms with E-state index in [1.807, 2.05) is 19.0 Å². The van der Waals surface area contributed by atoms with Gasteiger partial charge in [0.05, 0.1) is 0 Å². The first-order valence-corrected chi connectivity index (χ1v) is 22.3. The Labute approximate surface area is 341 Å². The van der Waals surface area contributed by atoms with Crippen LogP contribution >= 0.6 is 0 Å². The highest BCUT2D eigenvalue weighted by Crippen LogP contribution is 2.25. The minimum Gasteiger partial charge on any atom is -0.433 e. The summed E-state index contributed by atoms with van der Waals surface area (Å²) in [5.74, 6) is -0.179. The lowest BCUT2D eigenvalue weighted by Gasteiger charge is -2.12. The number of esters is 2. The van der Waals surface area contributed by atoms with Gasteiger partial charge in [-0.3, -0.25) is 9.59 Å². The Bertz CT molecular complexity index is 1220. The van der Waals surface area contributed by atoms with Crippen LogP contribution in [0.3, 0.4) is 0 Å². The van der Waals surface area contributed by atoms with Gasteiger partial charge in [0, 0.05) is 25.5 Å². The van der Waals surface area contributed by atoms with Crippen LogP contribution in [0.5, 0.6) is 11.5 Å². The molecule has 0 aliphatic rings. The van der Waals surface area contributed by atoms with Crippen molar-refractivity contribution in [3.05, 3.63) is 60.2 Å². The first kappa shape index (κ1) is 50.6. The van der Waals surface area contributed by atoms with Gasteiger partial charge in [0.2, 0.25) is 0 Å². The van der Waals surface area contributed by atoms with Gasteiger partial charge in [0.1, 0.15) is 24.7 Å². The predicted molar refractivity (Wildman–Crippen MR) is 231 cm³/mol. The Balaban J connectivity index is 2.45. The first-order valence-electron chi connectivity index (χ1n) is 22.3. The van der Waals surface area contributed by atoms with Gasteiger partial charge in [-0.15, -0.1) is 0 Å². The molecule has 0 aromatic heterocycles. The maximum Gasteiger partial charge on any atom is 0.508 e. The Hall–Kier alpha value is -3.39. The van der Waals surface area contributed by atoms with Crippen LogP contribution in [0.1, 0.15) is 186 Å². The lowest BCUT2D eigenvalue weighted by Crippen LogP contribution is -2.20. The van der Waals surface area contributed by atoms with Crippen LogP contribution in [0, 0.1) is 0 Å². The van der Waals surface area contributed by atoms with E-state index in [0.717, 1.165) is 77.0 Å². The molecule has 0 saturated carbocycles.